The van der Waals surface area contributed by atoms with Crippen molar-refractivity contribution >= 4 is 7.32 Å². The molecule has 3 nitrogen and oxygen atoms in total. The van der Waals surface area contributed by atoms with Crippen LogP contribution in [-0.4, -0.2) is 25.1 Å². The molecule has 1 aliphatic heterocycles. The van der Waals surface area contributed by atoms with Crippen LogP contribution in [0, 0.1) is 0 Å². The Hall–Kier alpha value is -0.575. The van der Waals surface area contributed by atoms with Gasteiger partial charge in [-0.25, -0.2) is 0 Å². The van der Waals surface area contributed by atoms with Crippen LogP contribution in [0.4, 0.5) is 0 Å². The van der Waals surface area contributed by atoms with Gasteiger partial charge in [0.2, 0.25) is 0 Å². The second-order valence-corrected chi connectivity index (χ2v) is 4.59. The standard InChI is InChI=1S/C12H21BO3/c1-6-8-9-10-12(5)11(3,4)15-13(16-12)14-7-2/h6,8-9H,1,7,10H2,2-5H3. The van der Waals surface area contributed by atoms with E-state index in [2.05, 4.69) is 6.58 Å². The van der Waals surface area contributed by atoms with E-state index in [0.29, 0.717) is 6.61 Å². The summed E-state index contributed by atoms with van der Waals surface area (Å²) < 4.78 is 16.9. The van der Waals surface area contributed by atoms with Gasteiger partial charge in [0.25, 0.3) is 0 Å². The molecule has 4 heteroatoms. The minimum atomic E-state index is -0.554. The van der Waals surface area contributed by atoms with Gasteiger partial charge in [-0.1, -0.05) is 24.8 Å². The molecule has 0 aromatic rings. The van der Waals surface area contributed by atoms with Gasteiger partial charge < -0.3 is 14.0 Å². The van der Waals surface area contributed by atoms with Crippen LogP contribution in [0.5, 0.6) is 0 Å². The predicted octanol–water partition coefficient (Wildman–Crippen LogP) is 2.72. The summed E-state index contributed by atoms with van der Waals surface area (Å²) in [6, 6.07) is 0. The lowest BCUT2D eigenvalue weighted by Gasteiger charge is -2.35. The smallest absolute Gasteiger partial charge is 0.386 e. The van der Waals surface area contributed by atoms with E-state index in [4.69, 9.17) is 14.0 Å². The maximum Gasteiger partial charge on any atom is 0.640 e. The minimum absolute atomic E-state index is 0.363. The van der Waals surface area contributed by atoms with Crippen molar-refractivity contribution in [2.45, 2.75) is 45.3 Å². The summed E-state index contributed by atoms with van der Waals surface area (Å²) in [4.78, 5) is 0. The Morgan fingerprint density at radius 3 is 2.56 bits per heavy atom. The molecule has 0 aromatic heterocycles. The maximum absolute atomic E-state index is 5.82. The third-order valence-electron chi connectivity index (χ3n) is 3.10. The van der Waals surface area contributed by atoms with Crippen LogP contribution in [0.1, 0.15) is 34.1 Å². The van der Waals surface area contributed by atoms with Crippen molar-refractivity contribution in [3.8, 4) is 0 Å². The van der Waals surface area contributed by atoms with E-state index >= 15 is 0 Å². The van der Waals surface area contributed by atoms with Gasteiger partial charge in [0.05, 0.1) is 11.2 Å². The molecule has 0 saturated carbocycles. The predicted molar refractivity (Wildman–Crippen MR) is 66.0 cm³/mol. The highest BCUT2D eigenvalue weighted by Crippen LogP contribution is 2.40. The lowest BCUT2D eigenvalue weighted by atomic mass is 9.85. The van der Waals surface area contributed by atoms with Crippen molar-refractivity contribution in [2.75, 3.05) is 6.61 Å². The van der Waals surface area contributed by atoms with Gasteiger partial charge in [-0.3, -0.25) is 0 Å². The Labute approximate surface area is 98.6 Å². The average molecular weight is 224 g/mol. The molecule has 0 bridgehead atoms. The molecule has 1 heterocycles. The molecule has 0 aromatic carbocycles. The monoisotopic (exact) mass is 224 g/mol. The molecule has 0 N–H and O–H groups in total. The largest absolute Gasteiger partial charge is 0.640 e. The summed E-state index contributed by atoms with van der Waals surface area (Å²) in [6.07, 6.45) is 6.48. The molecular formula is C12H21BO3. The van der Waals surface area contributed by atoms with E-state index in [1.807, 2.05) is 39.8 Å². The summed E-state index contributed by atoms with van der Waals surface area (Å²) in [6.45, 7) is 12.2. The molecule has 1 atom stereocenters. The van der Waals surface area contributed by atoms with Crippen LogP contribution in [0.2, 0.25) is 0 Å². The highest BCUT2D eigenvalue weighted by atomic mass is 16.8. The van der Waals surface area contributed by atoms with Crippen LogP contribution >= 0.6 is 0 Å². The molecule has 90 valence electrons. The van der Waals surface area contributed by atoms with Gasteiger partial charge in [-0.15, -0.1) is 0 Å². The Balaban J connectivity index is 2.70. The van der Waals surface area contributed by atoms with Gasteiger partial charge in [0.15, 0.2) is 0 Å². The van der Waals surface area contributed by atoms with Crippen LogP contribution < -0.4 is 0 Å². The Kier molecular flexibility index (Phi) is 4.36. The average Bonchev–Trinajstić information content (AvgIpc) is 2.38. The van der Waals surface area contributed by atoms with Gasteiger partial charge in [-0.05, 0) is 34.1 Å². The summed E-state index contributed by atoms with van der Waals surface area (Å²) >= 11 is 0. The summed E-state index contributed by atoms with van der Waals surface area (Å²) in [5.74, 6) is 0. The van der Waals surface area contributed by atoms with Crippen molar-refractivity contribution in [1.29, 1.82) is 0 Å². The van der Waals surface area contributed by atoms with Gasteiger partial charge in [-0.2, -0.15) is 0 Å². The zero-order valence-electron chi connectivity index (χ0n) is 10.7. The normalized spacial score (nSPS) is 28.9. The fourth-order valence-electron chi connectivity index (χ4n) is 1.63. The van der Waals surface area contributed by atoms with Crippen molar-refractivity contribution in [3.63, 3.8) is 0 Å². The second-order valence-electron chi connectivity index (χ2n) is 4.59. The first-order chi connectivity index (χ1) is 7.45. The van der Waals surface area contributed by atoms with E-state index in [1.54, 1.807) is 6.08 Å². The first-order valence-corrected chi connectivity index (χ1v) is 5.70. The molecule has 0 radical (unpaired) electrons. The first kappa shape index (κ1) is 13.5. The van der Waals surface area contributed by atoms with Gasteiger partial charge in [0.1, 0.15) is 0 Å². The topological polar surface area (TPSA) is 27.7 Å². The van der Waals surface area contributed by atoms with Gasteiger partial charge >= 0.3 is 7.32 Å². The molecule has 1 aliphatic rings. The van der Waals surface area contributed by atoms with E-state index in [1.165, 1.54) is 0 Å². The zero-order chi connectivity index (χ0) is 12.2. The molecule has 0 amide bonds. The zero-order valence-corrected chi connectivity index (χ0v) is 10.7. The molecule has 0 aliphatic carbocycles. The molecule has 0 spiro atoms. The summed E-state index contributed by atoms with van der Waals surface area (Å²) in [7, 11) is -0.554. The molecular weight excluding hydrogens is 203 g/mol. The van der Waals surface area contributed by atoms with E-state index in [0.717, 1.165) is 6.42 Å². The van der Waals surface area contributed by atoms with Crippen molar-refractivity contribution in [3.05, 3.63) is 24.8 Å². The highest BCUT2D eigenvalue weighted by Gasteiger charge is 2.54. The fourth-order valence-corrected chi connectivity index (χ4v) is 1.63. The fraction of sp³-hybridized carbons (Fsp3) is 0.667. The lowest BCUT2D eigenvalue weighted by molar-refractivity contribution is -0.00677. The number of hydrogen-bond donors (Lipinski definition) is 0. The summed E-state index contributed by atoms with van der Waals surface area (Å²) in [5.41, 5.74) is -0.731. The molecule has 16 heavy (non-hydrogen) atoms. The molecule has 1 fully saturated rings. The van der Waals surface area contributed by atoms with E-state index in [-0.39, 0.29) is 11.2 Å². The number of allylic oxidation sites excluding steroid dienone is 2. The number of rotatable bonds is 5. The van der Waals surface area contributed by atoms with Crippen LogP contribution in [0.25, 0.3) is 0 Å². The van der Waals surface area contributed by atoms with E-state index < -0.39 is 7.32 Å². The highest BCUT2D eigenvalue weighted by molar-refractivity contribution is 6.37. The first-order valence-electron chi connectivity index (χ1n) is 5.70. The molecule has 1 rings (SSSR count). The van der Waals surface area contributed by atoms with Crippen LogP contribution in [-0.2, 0) is 14.0 Å². The maximum atomic E-state index is 5.82. The van der Waals surface area contributed by atoms with Gasteiger partial charge in [0, 0.05) is 6.61 Å². The van der Waals surface area contributed by atoms with E-state index in [9.17, 15) is 0 Å². The summed E-state index contributed by atoms with van der Waals surface area (Å²) in [5, 5.41) is 0. The minimum Gasteiger partial charge on any atom is -0.386 e. The van der Waals surface area contributed by atoms with Crippen molar-refractivity contribution in [2.24, 2.45) is 0 Å². The number of hydrogen-bond acceptors (Lipinski definition) is 3. The Morgan fingerprint density at radius 2 is 2.00 bits per heavy atom. The Morgan fingerprint density at radius 1 is 1.31 bits per heavy atom. The quantitative estimate of drug-likeness (QED) is 0.530. The Bertz CT molecular complexity index is 275. The molecule has 1 saturated heterocycles. The van der Waals surface area contributed by atoms with Crippen LogP contribution in [0.15, 0.2) is 24.8 Å². The second kappa shape index (κ2) is 5.17. The van der Waals surface area contributed by atoms with Crippen molar-refractivity contribution in [1.82, 2.24) is 0 Å². The third-order valence-corrected chi connectivity index (χ3v) is 3.10. The van der Waals surface area contributed by atoms with Crippen molar-refractivity contribution < 1.29 is 14.0 Å². The molecule has 1 unspecified atom stereocenters. The lowest BCUT2D eigenvalue weighted by Crippen LogP contribution is -2.44. The van der Waals surface area contributed by atoms with Crippen LogP contribution in [0.3, 0.4) is 0 Å². The third kappa shape index (κ3) is 2.76. The SMILES string of the molecule is C=CC=CCC1(C)OB(OCC)OC1(C)C.